The predicted molar refractivity (Wildman–Crippen MR) is 86.1 cm³/mol. The third kappa shape index (κ3) is 3.08. The number of anilines is 1. The van der Waals surface area contributed by atoms with Gasteiger partial charge in [-0.05, 0) is 49.3 Å². The van der Waals surface area contributed by atoms with E-state index in [2.05, 4.69) is 23.2 Å². The molecule has 0 radical (unpaired) electrons. The molecule has 1 aliphatic carbocycles. The van der Waals surface area contributed by atoms with Crippen LogP contribution in [0.1, 0.15) is 51.0 Å². The van der Waals surface area contributed by atoms with Gasteiger partial charge in [0, 0.05) is 19.6 Å². The zero-order chi connectivity index (χ0) is 14.7. The van der Waals surface area contributed by atoms with Gasteiger partial charge in [0.1, 0.15) is 5.82 Å². The summed E-state index contributed by atoms with van der Waals surface area (Å²) in [5, 5.41) is 3.33. The van der Waals surface area contributed by atoms with Gasteiger partial charge in [-0.3, -0.25) is 0 Å². The Morgan fingerprint density at radius 3 is 2.52 bits per heavy atom. The van der Waals surface area contributed by atoms with Crippen molar-refractivity contribution in [3.63, 3.8) is 0 Å². The van der Waals surface area contributed by atoms with Crippen molar-refractivity contribution in [1.82, 2.24) is 5.32 Å². The summed E-state index contributed by atoms with van der Waals surface area (Å²) in [4.78, 5) is 2.28. The molecule has 0 atom stereocenters. The average molecular weight is 290 g/mol. The molecule has 1 spiro atoms. The summed E-state index contributed by atoms with van der Waals surface area (Å²) in [7, 11) is 0. The fraction of sp³-hybridized carbons (Fsp3) is 0.667. The number of piperidine rings is 1. The van der Waals surface area contributed by atoms with E-state index in [1.54, 1.807) is 6.07 Å². The van der Waals surface area contributed by atoms with E-state index >= 15 is 0 Å². The molecule has 3 rings (SSSR count). The van der Waals surface area contributed by atoms with Crippen LogP contribution in [0.5, 0.6) is 0 Å². The van der Waals surface area contributed by atoms with E-state index in [1.807, 2.05) is 6.07 Å². The Hall–Kier alpha value is -1.09. The van der Waals surface area contributed by atoms with Crippen LogP contribution in [0.25, 0.3) is 0 Å². The second-order valence-corrected chi connectivity index (χ2v) is 6.72. The number of hydrogen-bond donors (Lipinski definition) is 1. The van der Waals surface area contributed by atoms with Crippen LogP contribution < -0.4 is 10.2 Å². The molecule has 2 fully saturated rings. The number of nitrogens with zero attached hydrogens (tertiary/aromatic N) is 1. The van der Waals surface area contributed by atoms with Crippen LogP contribution in [0.15, 0.2) is 18.2 Å². The maximum absolute atomic E-state index is 14.4. The summed E-state index contributed by atoms with van der Waals surface area (Å²) >= 11 is 0. The van der Waals surface area contributed by atoms with Gasteiger partial charge < -0.3 is 10.2 Å². The molecule has 1 saturated heterocycles. The van der Waals surface area contributed by atoms with Crippen LogP contribution in [-0.4, -0.2) is 19.6 Å². The van der Waals surface area contributed by atoms with Crippen LogP contribution in [0.4, 0.5) is 10.1 Å². The van der Waals surface area contributed by atoms with E-state index in [0.29, 0.717) is 5.41 Å². The highest BCUT2D eigenvalue weighted by molar-refractivity contribution is 5.55. The topological polar surface area (TPSA) is 15.3 Å². The predicted octanol–water partition coefficient (Wildman–Crippen LogP) is 4.10. The van der Waals surface area contributed by atoms with Crippen molar-refractivity contribution in [2.75, 3.05) is 24.5 Å². The van der Waals surface area contributed by atoms with Gasteiger partial charge in [0.15, 0.2) is 0 Å². The van der Waals surface area contributed by atoms with Gasteiger partial charge in [-0.1, -0.05) is 31.9 Å². The minimum Gasteiger partial charge on any atom is -0.369 e. The second kappa shape index (κ2) is 6.35. The van der Waals surface area contributed by atoms with Crippen LogP contribution in [0.2, 0.25) is 0 Å². The molecule has 3 heteroatoms. The molecule has 2 nitrogen and oxygen atoms in total. The maximum atomic E-state index is 14.4. The third-order valence-corrected chi connectivity index (χ3v) is 5.44. The maximum Gasteiger partial charge on any atom is 0.146 e. The number of para-hydroxylation sites is 1. The van der Waals surface area contributed by atoms with Crippen molar-refractivity contribution in [2.24, 2.45) is 5.41 Å². The summed E-state index contributed by atoms with van der Waals surface area (Å²) in [6.07, 6.45) is 8.05. The quantitative estimate of drug-likeness (QED) is 0.898. The first-order valence-electron chi connectivity index (χ1n) is 8.47. The number of nitrogens with one attached hydrogen (secondary N) is 1. The number of hydrogen-bond acceptors (Lipinski definition) is 2. The molecular weight excluding hydrogens is 263 g/mol. The van der Waals surface area contributed by atoms with E-state index in [0.717, 1.165) is 37.4 Å². The van der Waals surface area contributed by atoms with Gasteiger partial charge in [0.05, 0.1) is 5.69 Å². The van der Waals surface area contributed by atoms with Crippen LogP contribution in [0.3, 0.4) is 0 Å². The number of halogens is 1. The Bertz CT molecular complexity index is 470. The second-order valence-electron chi connectivity index (χ2n) is 6.72. The van der Waals surface area contributed by atoms with Crippen LogP contribution in [0, 0.1) is 11.2 Å². The Morgan fingerprint density at radius 1 is 1.14 bits per heavy atom. The first-order chi connectivity index (χ1) is 10.2. The van der Waals surface area contributed by atoms with E-state index in [4.69, 9.17) is 0 Å². The monoisotopic (exact) mass is 290 g/mol. The Balaban J connectivity index is 1.75. The average Bonchev–Trinajstić information content (AvgIpc) is 2.95. The first kappa shape index (κ1) is 14.8. The van der Waals surface area contributed by atoms with Gasteiger partial charge >= 0.3 is 0 Å². The standard InChI is InChI=1S/C18H27FN2/c1-2-20-14-15-6-5-7-16(19)17(15)21-12-10-18(11-13-21)8-3-4-9-18/h5-7,20H,2-4,8-14H2,1H3. The molecule has 1 aromatic carbocycles. The van der Waals surface area contributed by atoms with Gasteiger partial charge in [-0.15, -0.1) is 0 Å². The molecule has 0 aromatic heterocycles. The normalized spacial score (nSPS) is 21.1. The van der Waals surface area contributed by atoms with Gasteiger partial charge in [-0.2, -0.15) is 0 Å². The molecule has 116 valence electrons. The summed E-state index contributed by atoms with van der Waals surface area (Å²) in [5.74, 6) is -0.0622. The lowest BCUT2D eigenvalue weighted by atomic mass is 9.77. The molecule has 21 heavy (non-hydrogen) atoms. The molecule has 0 amide bonds. The molecule has 1 N–H and O–H groups in total. The van der Waals surface area contributed by atoms with E-state index in [-0.39, 0.29) is 5.82 Å². The Labute approximate surface area is 127 Å². The summed E-state index contributed by atoms with van der Waals surface area (Å²) in [5.41, 5.74) is 2.52. The van der Waals surface area contributed by atoms with Crippen molar-refractivity contribution in [2.45, 2.75) is 52.0 Å². The minimum absolute atomic E-state index is 0.0622. The lowest BCUT2D eigenvalue weighted by Crippen LogP contribution is -2.40. The van der Waals surface area contributed by atoms with Crippen molar-refractivity contribution < 1.29 is 4.39 Å². The zero-order valence-corrected chi connectivity index (χ0v) is 13.1. The smallest absolute Gasteiger partial charge is 0.146 e. The highest BCUT2D eigenvalue weighted by atomic mass is 19.1. The van der Waals surface area contributed by atoms with E-state index in [9.17, 15) is 4.39 Å². The lowest BCUT2D eigenvalue weighted by Gasteiger charge is -2.41. The van der Waals surface area contributed by atoms with Gasteiger partial charge in [0.25, 0.3) is 0 Å². The molecule has 1 saturated carbocycles. The third-order valence-electron chi connectivity index (χ3n) is 5.44. The molecule has 2 aliphatic rings. The number of rotatable bonds is 4. The molecule has 0 unspecified atom stereocenters. The Morgan fingerprint density at radius 2 is 1.86 bits per heavy atom. The van der Waals surface area contributed by atoms with Crippen molar-refractivity contribution in [3.05, 3.63) is 29.6 Å². The summed E-state index contributed by atoms with van der Waals surface area (Å²) < 4.78 is 14.4. The van der Waals surface area contributed by atoms with Gasteiger partial charge in [-0.25, -0.2) is 4.39 Å². The molecular formula is C18H27FN2. The molecule has 1 aromatic rings. The summed E-state index contributed by atoms with van der Waals surface area (Å²) in [6.45, 7) is 5.79. The first-order valence-corrected chi connectivity index (χ1v) is 8.47. The summed E-state index contributed by atoms with van der Waals surface area (Å²) in [6, 6.07) is 5.49. The van der Waals surface area contributed by atoms with Gasteiger partial charge in [0.2, 0.25) is 0 Å². The highest BCUT2D eigenvalue weighted by Gasteiger charge is 2.37. The minimum atomic E-state index is -0.0622. The SMILES string of the molecule is CCNCc1cccc(F)c1N1CCC2(CCCC2)CC1. The molecule has 1 heterocycles. The van der Waals surface area contributed by atoms with Crippen molar-refractivity contribution >= 4 is 5.69 Å². The van der Waals surface area contributed by atoms with E-state index < -0.39 is 0 Å². The zero-order valence-electron chi connectivity index (χ0n) is 13.1. The van der Waals surface area contributed by atoms with Crippen LogP contribution in [-0.2, 0) is 6.54 Å². The van der Waals surface area contributed by atoms with Crippen LogP contribution >= 0.6 is 0 Å². The Kier molecular flexibility index (Phi) is 4.48. The highest BCUT2D eigenvalue weighted by Crippen LogP contribution is 2.47. The fourth-order valence-electron chi connectivity index (χ4n) is 4.15. The largest absolute Gasteiger partial charge is 0.369 e. The van der Waals surface area contributed by atoms with Crippen molar-refractivity contribution in [1.29, 1.82) is 0 Å². The lowest BCUT2D eigenvalue weighted by molar-refractivity contribution is 0.226. The molecule has 0 bridgehead atoms. The number of benzene rings is 1. The fourth-order valence-corrected chi connectivity index (χ4v) is 4.15. The van der Waals surface area contributed by atoms with E-state index in [1.165, 1.54) is 38.5 Å². The van der Waals surface area contributed by atoms with Crippen molar-refractivity contribution in [3.8, 4) is 0 Å². The molecule has 1 aliphatic heterocycles.